The standard InChI is InChI=1S/C17H28N2S/c1-11(2)3-15-10-20-16(18-15)19-17-7-12-4-13(8-17)6-14(5-12)9-17/h11-15H,3-10H2,1-2H3,(H,18,19). The van der Waals surface area contributed by atoms with Crippen LogP contribution in [0.3, 0.4) is 0 Å². The molecule has 3 heteroatoms. The summed E-state index contributed by atoms with van der Waals surface area (Å²) >= 11 is 1.98. The third-order valence-electron chi connectivity index (χ3n) is 5.87. The number of amidine groups is 1. The maximum absolute atomic E-state index is 4.97. The molecule has 4 aliphatic carbocycles. The minimum absolute atomic E-state index is 0.438. The van der Waals surface area contributed by atoms with E-state index in [0.717, 1.165) is 23.7 Å². The minimum Gasteiger partial charge on any atom is -0.359 e. The van der Waals surface area contributed by atoms with E-state index in [-0.39, 0.29) is 0 Å². The van der Waals surface area contributed by atoms with Crippen molar-refractivity contribution in [3.8, 4) is 0 Å². The molecule has 5 rings (SSSR count). The first-order valence-corrected chi connectivity index (χ1v) is 9.57. The fourth-order valence-electron chi connectivity index (χ4n) is 5.64. The zero-order chi connectivity index (χ0) is 13.7. The summed E-state index contributed by atoms with van der Waals surface area (Å²) in [5.74, 6) is 5.03. The molecule has 0 saturated heterocycles. The number of nitrogens with one attached hydrogen (secondary N) is 1. The Bertz CT molecular complexity index is 380. The van der Waals surface area contributed by atoms with E-state index in [0.29, 0.717) is 11.6 Å². The largest absolute Gasteiger partial charge is 0.359 e. The Labute approximate surface area is 127 Å². The molecule has 4 saturated carbocycles. The van der Waals surface area contributed by atoms with E-state index in [2.05, 4.69) is 19.2 Å². The summed E-state index contributed by atoms with van der Waals surface area (Å²) in [5, 5.41) is 5.22. The average Bonchev–Trinajstić information content (AvgIpc) is 2.72. The highest BCUT2D eigenvalue weighted by Crippen LogP contribution is 2.55. The van der Waals surface area contributed by atoms with Gasteiger partial charge < -0.3 is 5.32 Å². The number of rotatable bonds is 3. The second-order valence-electron chi connectivity index (χ2n) is 8.35. The molecular weight excluding hydrogens is 264 g/mol. The Balaban J connectivity index is 1.44. The van der Waals surface area contributed by atoms with Crippen LogP contribution in [0.25, 0.3) is 0 Å². The minimum atomic E-state index is 0.438. The molecule has 5 aliphatic rings. The van der Waals surface area contributed by atoms with Crippen molar-refractivity contribution in [1.82, 2.24) is 5.32 Å². The van der Waals surface area contributed by atoms with Crippen LogP contribution in [-0.4, -0.2) is 22.5 Å². The molecule has 1 unspecified atom stereocenters. The van der Waals surface area contributed by atoms with Crippen LogP contribution in [0.2, 0.25) is 0 Å². The molecule has 1 N–H and O–H groups in total. The number of nitrogens with zero attached hydrogens (tertiary/aromatic N) is 1. The molecule has 0 radical (unpaired) electrons. The summed E-state index contributed by atoms with van der Waals surface area (Å²) < 4.78 is 0. The molecule has 4 fully saturated rings. The molecule has 2 nitrogen and oxygen atoms in total. The van der Waals surface area contributed by atoms with Gasteiger partial charge in [-0.15, -0.1) is 0 Å². The van der Waals surface area contributed by atoms with E-state index < -0.39 is 0 Å². The van der Waals surface area contributed by atoms with Crippen molar-refractivity contribution in [3.63, 3.8) is 0 Å². The van der Waals surface area contributed by atoms with Crippen LogP contribution in [0, 0.1) is 23.7 Å². The Kier molecular flexibility index (Phi) is 3.32. The van der Waals surface area contributed by atoms with Crippen molar-refractivity contribution in [2.75, 3.05) is 5.75 Å². The predicted octanol–water partition coefficient (Wildman–Crippen LogP) is 4.06. The first-order valence-electron chi connectivity index (χ1n) is 8.59. The van der Waals surface area contributed by atoms with Crippen molar-refractivity contribution >= 4 is 16.9 Å². The van der Waals surface area contributed by atoms with Gasteiger partial charge in [0.25, 0.3) is 0 Å². The molecule has 0 spiro atoms. The van der Waals surface area contributed by atoms with Gasteiger partial charge in [-0.1, -0.05) is 25.6 Å². The second kappa shape index (κ2) is 4.93. The Morgan fingerprint density at radius 1 is 1.15 bits per heavy atom. The number of hydrogen-bond acceptors (Lipinski definition) is 3. The number of hydrogen-bond donors (Lipinski definition) is 1. The molecule has 4 bridgehead atoms. The third-order valence-corrected chi connectivity index (χ3v) is 6.90. The zero-order valence-corrected chi connectivity index (χ0v) is 13.7. The predicted molar refractivity (Wildman–Crippen MR) is 87.2 cm³/mol. The van der Waals surface area contributed by atoms with Crippen molar-refractivity contribution in [2.45, 2.75) is 70.4 Å². The van der Waals surface area contributed by atoms with E-state index in [1.807, 2.05) is 11.8 Å². The normalized spacial score (nSPS) is 46.0. The Morgan fingerprint density at radius 2 is 1.75 bits per heavy atom. The van der Waals surface area contributed by atoms with Crippen LogP contribution in [0.15, 0.2) is 4.99 Å². The summed E-state index contributed by atoms with van der Waals surface area (Å²) in [7, 11) is 0. The van der Waals surface area contributed by atoms with Crippen molar-refractivity contribution in [1.29, 1.82) is 0 Å². The van der Waals surface area contributed by atoms with Crippen LogP contribution in [0.5, 0.6) is 0 Å². The SMILES string of the molecule is CC(C)CC1CSC(NC23CC4CC(CC(C4)C2)C3)=N1. The lowest BCUT2D eigenvalue weighted by atomic mass is 9.53. The topological polar surface area (TPSA) is 24.4 Å². The van der Waals surface area contributed by atoms with Crippen molar-refractivity contribution in [2.24, 2.45) is 28.7 Å². The highest BCUT2D eigenvalue weighted by Gasteiger charge is 2.51. The van der Waals surface area contributed by atoms with E-state index in [1.165, 1.54) is 55.9 Å². The van der Waals surface area contributed by atoms with E-state index in [1.54, 1.807) is 0 Å². The third kappa shape index (κ3) is 2.51. The summed E-state index contributed by atoms with van der Waals surface area (Å²) in [6.07, 6.45) is 10.1. The van der Waals surface area contributed by atoms with Gasteiger partial charge in [0, 0.05) is 11.3 Å². The summed E-state index contributed by atoms with van der Waals surface area (Å²) in [5.41, 5.74) is 0.438. The lowest BCUT2D eigenvalue weighted by molar-refractivity contribution is -0.00963. The van der Waals surface area contributed by atoms with Crippen LogP contribution in [0.1, 0.15) is 58.8 Å². The van der Waals surface area contributed by atoms with Gasteiger partial charge in [0.15, 0.2) is 5.17 Å². The van der Waals surface area contributed by atoms with E-state index >= 15 is 0 Å². The van der Waals surface area contributed by atoms with Crippen LogP contribution in [0.4, 0.5) is 0 Å². The van der Waals surface area contributed by atoms with Gasteiger partial charge in [-0.3, -0.25) is 4.99 Å². The zero-order valence-electron chi connectivity index (χ0n) is 12.9. The molecule has 1 atom stereocenters. The van der Waals surface area contributed by atoms with Gasteiger partial charge >= 0.3 is 0 Å². The summed E-state index contributed by atoms with van der Waals surface area (Å²) in [6, 6.07) is 0.566. The Hall–Kier alpha value is -0.180. The second-order valence-corrected chi connectivity index (χ2v) is 9.36. The monoisotopic (exact) mass is 292 g/mol. The lowest BCUT2D eigenvalue weighted by Gasteiger charge is -2.57. The molecule has 0 aromatic carbocycles. The molecule has 0 amide bonds. The van der Waals surface area contributed by atoms with Gasteiger partial charge in [0.05, 0.1) is 6.04 Å². The fourth-order valence-corrected chi connectivity index (χ4v) is 6.71. The quantitative estimate of drug-likeness (QED) is 0.848. The van der Waals surface area contributed by atoms with E-state index in [9.17, 15) is 0 Å². The van der Waals surface area contributed by atoms with Gasteiger partial charge in [-0.05, 0) is 68.6 Å². The molecule has 112 valence electrons. The van der Waals surface area contributed by atoms with Gasteiger partial charge in [0.1, 0.15) is 0 Å². The van der Waals surface area contributed by atoms with Crippen LogP contribution in [-0.2, 0) is 0 Å². The van der Waals surface area contributed by atoms with Gasteiger partial charge in [-0.25, -0.2) is 0 Å². The first kappa shape index (κ1) is 13.5. The van der Waals surface area contributed by atoms with Crippen LogP contribution < -0.4 is 5.32 Å². The van der Waals surface area contributed by atoms with Crippen molar-refractivity contribution < 1.29 is 0 Å². The molecule has 0 aromatic heterocycles. The summed E-state index contributed by atoms with van der Waals surface area (Å²) in [6.45, 7) is 4.62. The fraction of sp³-hybridized carbons (Fsp3) is 0.941. The Morgan fingerprint density at radius 3 is 2.30 bits per heavy atom. The highest BCUT2D eigenvalue weighted by atomic mass is 32.2. The van der Waals surface area contributed by atoms with E-state index in [4.69, 9.17) is 4.99 Å². The molecular formula is C17H28N2S. The molecule has 20 heavy (non-hydrogen) atoms. The molecule has 0 aromatic rings. The first-order chi connectivity index (χ1) is 9.60. The molecule has 1 heterocycles. The highest BCUT2D eigenvalue weighted by molar-refractivity contribution is 8.14. The lowest BCUT2D eigenvalue weighted by Crippen LogP contribution is -2.59. The number of thioether (sulfide) groups is 1. The average molecular weight is 292 g/mol. The van der Waals surface area contributed by atoms with Gasteiger partial charge in [0.2, 0.25) is 0 Å². The summed E-state index contributed by atoms with van der Waals surface area (Å²) in [4.78, 5) is 4.97. The van der Waals surface area contributed by atoms with Gasteiger partial charge in [-0.2, -0.15) is 0 Å². The van der Waals surface area contributed by atoms with Crippen molar-refractivity contribution in [3.05, 3.63) is 0 Å². The number of aliphatic imine (C=N–C) groups is 1. The molecule has 1 aliphatic heterocycles. The smallest absolute Gasteiger partial charge is 0.157 e. The van der Waals surface area contributed by atoms with Crippen LogP contribution >= 0.6 is 11.8 Å². The maximum atomic E-state index is 4.97. The maximum Gasteiger partial charge on any atom is 0.157 e.